The number of ketones is 2. The van der Waals surface area contributed by atoms with Gasteiger partial charge in [0.05, 0.1) is 16.9 Å². The van der Waals surface area contributed by atoms with E-state index in [0.717, 1.165) is 27.7 Å². The number of para-hydroxylation sites is 1. The van der Waals surface area contributed by atoms with Crippen molar-refractivity contribution in [2.45, 2.75) is 40.0 Å². The van der Waals surface area contributed by atoms with Gasteiger partial charge in [-0.15, -0.1) is 0 Å². The predicted molar refractivity (Wildman–Crippen MR) is 199 cm³/mol. The number of fused-ring (bicyclic) bond motifs is 5. The Bertz CT molecular complexity index is 2380. The fourth-order valence-electron chi connectivity index (χ4n) is 8.05. The normalized spacial score (nSPS) is 15.5. The van der Waals surface area contributed by atoms with E-state index in [1.807, 2.05) is 6.07 Å². The number of rotatable bonds is 3. The van der Waals surface area contributed by atoms with Crippen molar-refractivity contribution in [3.63, 3.8) is 0 Å². The van der Waals surface area contributed by atoms with Gasteiger partial charge in [0.2, 0.25) is 0 Å². The van der Waals surface area contributed by atoms with Gasteiger partial charge in [0.15, 0.2) is 11.6 Å². The Kier molecular flexibility index (Phi) is 6.72. The first-order chi connectivity index (χ1) is 23.0. The van der Waals surface area contributed by atoms with E-state index >= 15 is 0 Å². The molecule has 1 aliphatic heterocycles. The summed E-state index contributed by atoms with van der Waals surface area (Å²) in [4.78, 5) is 28.8. The Labute approximate surface area is 283 Å². The van der Waals surface area contributed by atoms with Crippen LogP contribution >= 0.6 is 0 Å². The summed E-state index contributed by atoms with van der Waals surface area (Å²) in [5.41, 5.74) is 14.1. The maximum absolute atomic E-state index is 13.2. The zero-order chi connectivity index (χ0) is 33.5. The number of anilines is 3. The van der Waals surface area contributed by atoms with Crippen LogP contribution in [0.4, 0.5) is 17.1 Å². The van der Waals surface area contributed by atoms with E-state index < -0.39 is 0 Å². The molecule has 0 amide bonds. The average molecular weight is 620 g/mol. The molecule has 48 heavy (non-hydrogen) atoms. The van der Waals surface area contributed by atoms with Crippen LogP contribution in [0.3, 0.4) is 0 Å². The Hall–Kier alpha value is -5.48. The molecule has 2 aliphatic rings. The number of allylic oxidation sites excluding steroid dienone is 1. The highest BCUT2D eigenvalue weighted by Crippen LogP contribution is 2.54. The van der Waals surface area contributed by atoms with Crippen LogP contribution in [0.5, 0.6) is 0 Å². The van der Waals surface area contributed by atoms with Crippen LogP contribution in [0.1, 0.15) is 67.9 Å². The standard InChI is InChI=1S/C44H34BNO2/c1-25-19-26(2)40(27(3)20-25)30-13-17-38-37(23-30)44(4,5)41-33-15-11-28(22-36-42(47)34-16-14-31(45)24-35(34)43(36)48)21-29(33)12-18-39(41)46(38)32-9-7-6-8-10-32/h6-24H,1-5H3/b36-22-. The van der Waals surface area contributed by atoms with Crippen molar-refractivity contribution in [3.05, 3.63) is 159 Å². The van der Waals surface area contributed by atoms with E-state index in [-0.39, 0.29) is 22.6 Å². The average Bonchev–Trinajstić information content (AvgIpc) is 3.28. The van der Waals surface area contributed by atoms with Gasteiger partial charge in [-0.25, -0.2) is 0 Å². The molecule has 1 heterocycles. The van der Waals surface area contributed by atoms with Crippen LogP contribution in [-0.4, -0.2) is 19.4 Å². The topological polar surface area (TPSA) is 37.4 Å². The van der Waals surface area contributed by atoms with E-state index in [4.69, 9.17) is 7.85 Å². The first-order valence-electron chi connectivity index (χ1n) is 16.4. The van der Waals surface area contributed by atoms with E-state index in [1.165, 1.54) is 44.6 Å². The second-order valence-electron chi connectivity index (χ2n) is 13.8. The highest BCUT2D eigenvalue weighted by Gasteiger charge is 2.39. The molecule has 8 rings (SSSR count). The SMILES string of the molecule is [B]c1ccc2c(c1)C(=O)/C(=C\c1ccc3c4c(ccc3c1)N(c1ccccc1)c1ccc(-c3c(C)cc(C)cc3C)cc1C4(C)C)C2=O. The molecule has 0 saturated carbocycles. The predicted octanol–water partition coefficient (Wildman–Crippen LogP) is 9.80. The lowest BCUT2D eigenvalue weighted by Crippen LogP contribution is -2.31. The highest BCUT2D eigenvalue weighted by molar-refractivity contribution is 6.43. The number of hydrogen-bond donors (Lipinski definition) is 0. The maximum Gasteiger partial charge on any atom is 0.197 e. The largest absolute Gasteiger partial charge is 0.310 e. The molecular weight excluding hydrogens is 585 g/mol. The van der Waals surface area contributed by atoms with Crippen LogP contribution in [-0.2, 0) is 5.41 Å². The second kappa shape index (κ2) is 10.8. The molecule has 0 unspecified atom stereocenters. The van der Waals surface area contributed by atoms with Gasteiger partial charge in [0.25, 0.3) is 0 Å². The minimum atomic E-state index is -0.336. The van der Waals surface area contributed by atoms with E-state index in [9.17, 15) is 9.59 Å². The smallest absolute Gasteiger partial charge is 0.197 e. The molecule has 0 N–H and O–H groups in total. The quantitative estimate of drug-likeness (QED) is 0.112. The summed E-state index contributed by atoms with van der Waals surface area (Å²) in [6.45, 7) is 11.2. The fraction of sp³-hybridized carbons (Fsp3) is 0.136. The van der Waals surface area contributed by atoms with Crippen molar-refractivity contribution >= 4 is 58.8 Å². The van der Waals surface area contributed by atoms with Crippen LogP contribution in [0.25, 0.3) is 28.0 Å². The molecule has 4 heteroatoms. The molecule has 230 valence electrons. The molecule has 3 nitrogen and oxygen atoms in total. The number of aryl methyl sites for hydroxylation is 3. The van der Waals surface area contributed by atoms with Gasteiger partial charge >= 0.3 is 0 Å². The van der Waals surface area contributed by atoms with Crippen LogP contribution in [0.15, 0.2) is 115 Å². The van der Waals surface area contributed by atoms with Gasteiger partial charge < -0.3 is 4.90 Å². The Morgan fingerprint density at radius 3 is 2.15 bits per heavy atom. The van der Waals surface area contributed by atoms with E-state index in [2.05, 4.69) is 124 Å². The summed E-state index contributed by atoms with van der Waals surface area (Å²) < 4.78 is 0. The van der Waals surface area contributed by atoms with E-state index in [1.54, 1.807) is 24.3 Å². The van der Waals surface area contributed by atoms with Gasteiger partial charge in [-0.2, -0.15) is 0 Å². The summed E-state index contributed by atoms with van der Waals surface area (Å²) in [5.74, 6) is -0.537. The molecular formula is C44H34BNO2. The van der Waals surface area contributed by atoms with Crippen LogP contribution < -0.4 is 10.4 Å². The minimum absolute atomic E-state index is 0.173. The van der Waals surface area contributed by atoms with Crippen LogP contribution in [0, 0.1) is 20.8 Å². The monoisotopic (exact) mass is 619 g/mol. The molecule has 0 bridgehead atoms. The lowest BCUT2D eigenvalue weighted by atomic mass is 9.71. The number of hydrogen-bond acceptors (Lipinski definition) is 3. The number of Topliss-reactive ketones (excluding diaryl/α,β-unsaturated/α-hetero) is 2. The zero-order valence-corrected chi connectivity index (χ0v) is 27.8. The third-order valence-corrected chi connectivity index (χ3v) is 10.1. The first-order valence-corrected chi connectivity index (χ1v) is 16.4. The Morgan fingerprint density at radius 1 is 0.688 bits per heavy atom. The van der Waals surface area contributed by atoms with Gasteiger partial charge in [-0.05, 0) is 113 Å². The van der Waals surface area contributed by atoms with Crippen molar-refractivity contribution in [2.24, 2.45) is 0 Å². The lowest BCUT2D eigenvalue weighted by molar-refractivity contribution is 0.0990. The van der Waals surface area contributed by atoms with Crippen molar-refractivity contribution in [3.8, 4) is 11.1 Å². The summed E-state index contributed by atoms with van der Waals surface area (Å²) in [6.07, 6.45) is 1.72. The number of carbonyl (C=O) groups is 2. The summed E-state index contributed by atoms with van der Waals surface area (Å²) in [6, 6.07) is 37.5. The molecule has 6 aromatic carbocycles. The van der Waals surface area contributed by atoms with Crippen molar-refractivity contribution in [1.29, 1.82) is 0 Å². The molecule has 0 saturated heterocycles. The van der Waals surface area contributed by atoms with Gasteiger partial charge in [-0.1, -0.05) is 97.7 Å². The summed E-state index contributed by atoms with van der Waals surface area (Å²) in [5, 5.41) is 2.19. The second-order valence-corrected chi connectivity index (χ2v) is 13.8. The molecule has 6 aromatic rings. The summed E-state index contributed by atoms with van der Waals surface area (Å²) in [7, 11) is 5.92. The lowest BCUT2D eigenvalue weighted by Gasteiger charge is -2.43. The molecule has 0 fully saturated rings. The number of carbonyl (C=O) groups excluding carboxylic acids is 2. The Morgan fingerprint density at radius 2 is 1.40 bits per heavy atom. The highest BCUT2D eigenvalue weighted by atomic mass is 16.2. The molecule has 2 radical (unpaired) electrons. The van der Waals surface area contributed by atoms with Crippen molar-refractivity contribution < 1.29 is 9.59 Å². The first kappa shape index (κ1) is 29.9. The molecule has 1 aliphatic carbocycles. The van der Waals surface area contributed by atoms with Gasteiger partial charge in [0, 0.05) is 22.2 Å². The summed E-state index contributed by atoms with van der Waals surface area (Å²) >= 11 is 0. The molecule has 0 atom stereocenters. The van der Waals surface area contributed by atoms with Crippen LogP contribution in [0.2, 0.25) is 0 Å². The van der Waals surface area contributed by atoms with Gasteiger partial charge in [0.1, 0.15) is 7.85 Å². The van der Waals surface area contributed by atoms with Gasteiger partial charge in [-0.3, -0.25) is 9.59 Å². The third kappa shape index (κ3) is 4.51. The van der Waals surface area contributed by atoms with Crippen molar-refractivity contribution in [1.82, 2.24) is 0 Å². The molecule has 0 aromatic heterocycles. The molecule has 0 spiro atoms. The van der Waals surface area contributed by atoms with E-state index in [0.29, 0.717) is 16.6 Å². The fourth-order valence-corrected chi connectivity index (χ4v) is 8.05. The number of benzene rings is 6. The zero-order valence-electron chi connectivity index (χ0n) is 27.8. The minimum Gasteiger partial charge on any atom is -0.310 e. The Balaban J connectivity index is 1.30. The number of nitrogens with zero attached hydrogens (tertiary/aromatic N) is 1. The third-order valence-electron chi connectivity index (χ3n) is 10.1. The van der Waals surface area contributed by atoms with Crippen molar-refractivity contribution in [2.75, 3.05) is 4.90 Å². The maximum atomic E-state index is 13.2.